The van der Waals surface area contributed by atoms with Crippen molar-refractivity contribution in [2.24, 2.45) is 5.92 Å². The summed E-state index contributed by atoms with van der Waals surface area (Å²) < 4.78 is 24.0. The van der Waals surface area contributed by atoms with Crippen molar-refractivity contribution in [1.29, 1.82) is 0 Å². The molecular weight excluding hydrogens is 292 g/mol. The Morgan fingerprint density at radius 1 is 1.45 bits per heavy atom. The van der Waals surface area contributed by atoms with Crippen LogP contribution in [0.3, 0.4) is 0 Å². The molecule has 6 heteroatoms. The Bertz CT molecular complexity index is 722. The van der Waals surface area contributed by atoms with E-state index in [1.165, 1.54) is 10.3 Å². The zero-order chi connectivity index (χ0) is 14.2. The Kier molecular flexibility index (Phi) is 3.69. The fourth-order valence-electron chi connectivity index (χ4n) is 2.53. The topological polar surface area (TPSA) is 59.1 Å². The second kappa shape index (κ2) is 5.33. The van der Waals surface area contributed by atoms with E-state index < -0.39 is 9.84 Å². The molecule has 1 aliphatic heterocycles. The number of anilines is 1. The average molecular weight is 310 g/mol. The van der Waals surface area contributed by atoms with Crippen molar-refractivity contribution in [2.45, 2.75) is 19.8 Å². The molecule has 1 atom stereocenters. The Morgan fingerprint density at radius 3 is 3.00 bits per heavy atom. The minimum absolute atomic E-state index is 0.221. The van der Waals surface area contributed by atoms with Gasteiger partial charge in [-0.1, -0.05) is 24.3 Å². The molecule has 0 saturated carbocycles. The normalized spacial score (nSPS) is 21.4. The molecule has 0 radical (unpaired) electrons. The molecule has 1 N–H and O–H groups in total. The number of nitrogens with zero attached hydrogens (tertiary/aromatic N) is 1. The van der Waals surface area contributed by atoms with E-state index in [4.69, 9.17) is 0 Å². The lowest BCUT2D eigenvalue weighted by atomic mass is 10.1. The van der Waals surface area contributed by atoms with E-state index in [1.54, 1.807) is 11.3 Å². The van der Waals surface area contributed by atoms with Crippen molar-refractivity contribution in [2.75, 3.05) is 23.4 Å². The van der Waals surface area contributed by atoms with Crippen LogP contribution in [0.5, 0.6) is 0 Å². The summed E-state index contributed by atoms with van der Waals surface area (Å²) in [5, 5.41) is 4.18. The fraction of sp³-hybridized carbons (Fsp3) is 0.500. The summed E-state index contributed by atoms with van der Waals surface area (Å²) >= 11 is 1.64. The third kappa shape index (κ3) is 2.96. The number of thiazole rings is 1. The van der Waals surface area contributed by atoms with E-state index in [1.807, 2.05) is 0 Å². The number of rotatable bonds is 4. The zero-order valence-electron chi connectivity index (χ0n) is 11.4. The molecule has 0 aliphatic carbocycles. The molecule has 1 aromatic heterocycles. The predicted molar refractivity (Wildman–Crippen MR) is 84.2 cm³/mol. The summed E-state index contributed by atoms with van der Waals surface area (Å²) in [6.07, 6.45) is 1.79. The number of sulfone groups is 1. The van der Waals surface area contributed by atoms with Gasteiger partial charge >= 0.3 is 0 Å². The van der Waals surface area contributed by atoms with Crippen LogP contribution in [0, 0.1) is 5.92 Å². The molecule has 20 heavy (non-hydrogen) atoms. The molecule has 0 bridgehead atoms. The van der Waals surface area contributed by atoms with Crippen LogP contribution in [0.1, 0.15) is 18.9 Å². The van der Waals surface area contributed by atoms with Gasteiger partial charge in [0, 0.05) is 6.54 Å². The second-order valence-electron chi connectivity index (χ2n) is 5.32. The largest absolute Gasteiger partial charge is 0.361 e. The molecule has 1 aliphatic rings. The predicted octanol–water partition coefficient (Wildman–Crippen LogP) is 2.71. The molecular formula is C14H18N2O2S2. The maximum absolute atomic E-state index is 11.4. The first-order chi connectivity index (χ1) is 9.55. The highest BCUT2D eigenvalue weighted by atomic mass is 32.2. The first-order valence-corrected chi connectivity index (χ1v) is 9.53. The summed E-state index contributed by atoms with van der Waals surface area (Å²) in [6, 6.07) is 6.34. The van der Waals surface area contributed by atoms with E-state index in [0.29, 0.717) is 18.1 Å². The van der Waals surface area contributed by atoms with Gasteiger partial charge in [0.2, 0.25) is 0 Å². The van der Waals surface area contributed by atoms with E-state index in [2.05, 4.69) is 35.4 Å². The van der Waals surface area contributed by atoms with Crippen LogP contribution < -0.4 is 5.32 Å². The molecule has 4 nitrogen and oxygen atoms in total. The lowest BCUT2D eigenvalue weighted by molar-refractivity contribution is 0.596. The van der Waals surface area contributed by atoms with E-state index >= 15 is 0 Å². The lowest BCUT2D eigenvalue weighted by Crippen LogP contribution is -2.15. The number of hydrogen-bond acceptors (Lipinski definition) is 5. The third-order valence-corrected chi connectivity index (χ3v) is 6.54. The van der Waals surface area contributed by atoms with Crippen molar-refractivity contribution in [3.63, 3.8) is 0 Å². The number of fused-ring (bicyclic) bond motifs is 1. The van der Waals surface area contributed by atoms with Gasteiger partial charge in [-0.15, -0.1) is 0 Å². The van der Waals surface area contributed by atoms with Gasteiger partial charge in [-0.3, -0.25) is 0 Å². The first-order valence-electron chi connectivity index (χ1n) is 6.89. The van der Waals surface area contributed by atoms with Gasteiger partial charge in [0.25, 0.3) is 0 Å². The molecule has 0 amide bonds. The number of aromatic nitrogens is 1. The summed E-state index contributed by atoms with van der Waals surface area (Å²) in [4.78, 5) is 4.54. The smallest absolute Gasteiger partial charge is 0.183 e. The van der Waals surface area contributed by atoms with Crippen LogP contribution in [-0.4, -0.2) is 31.5 Å². The number of benzene rings is 1. The van der Waals surface area contributed by atoms with Crippen LogP contribution in [0.4, 0.5) is 5.13 Å². The van der Waals surface area contributed by atoms with E-state index in [-0.39, 0.29) is 5.92 Å². The van der Waals surface area contributed by atoms with Crippen LogP contribution >= 0.6 is 11.3 Å². The Labute approximate surface area is 123 Å². The van der Waals surface area contributed by atoms with Crippen LogP contribution in [0.2, 0.25) is 0 Å². The highest BCUT2D eigenvalue weighted by Gasteiger charge is 2.27. The molecule has 1 unspecified atom stereocenters. The standard InChI is InChI=1S/C14H18N2O2S2/c1-2-10-3-4-12-13(7-10)19-14(16-12)15-8-11-5-6-20(17,18)9-11/h3-4,7,11H,2,5-6,8-9H2,1H3,(H,15,16). The zero-order valence-corrected chi connectivity index (χ0v) is 13.1. The summed E-state index contributed by atoms with van der Waals surface area (Å²) in [7, 11) is -2.79. The van der Waals surface area contributed by atoms with Crippen molar-refractivity contribution in [3.05, 3.63) is 23.8 Å². The molecule has 1 aromatic carbocycles. The fourth-order valence-corrected chi connectivity index (χ4v) is 5.33. The summed E-state index contributed by atoms with van der Waals surface area (Å²) in [6.45, 7) is 2.83. The van der Waals surface area contributed by atoms with E-state index in [0.717, 1.165) is 23.5 Å². The van der Waals surface area contributed by atoms with Crippen molar-refractivity contribution in [1.82, 2.24) is 4.98 Å². The minimum Gasteiger partial charge on any atom is -0.361 e. The Balaban J connectivity index is 1.69. The molecule has 108 valence electrons. The van der Waals surface area contributed by atoms with Gasteiger partial charge in [-0.25, -0.2) is 13.4 Å². The van der Waals surface area contributed by atoms with Crippen molar-refractivity contribution in [3.8, 4) is 0 Å². The number of hydrogen-bond donors (Lipinski definition) is 1. The number of nitrogens with one attached hydrogen (secondary N) is 1. The summed E-state index contributed by atoms with van der Waals surface area (Å²) in [5.41, 5.74) is 2.32. The van der Waals surface area contributed by atoms with Gasteiger partial charge in [-0.2, -0.15) is 0 Å². The molecule has 1 saturated heterocycles. The average Bonchev–Trinajstić information content (AvgIpc) is 2.98. The van der Waals surface area contributed by atoms with Crippen molar-refractivity contribution >= 4 is 36.5 Å². The van der Waals surface area contributed by atoms with Gasteiger partial charge in [0.15, 0.2) is 15.0 Å². The number of aryl methyl sites for hydroxylation is 1. The minimum atomic E-state index is -2.79. The quantitative estimate of drug-likeness (QED) is 0.943. The second-order valence-corrected chi connectivity index (χ2v) is 8.58. The maximum atomic E-state index is 11.4. The van der Waals surface area contributed by atoms with Gasteiger partial charge in [0.05, 0.1) is 21.7 Å². The van der Waals surface area contributed by atoms with Crippen LogP contribution in [-0.2, 0) is 16.3 Å². The molecule has 3 rings (SSSR count). The van der Waals surface area contributed by atoms with Crippen molar-refractivity contribution < 1.29 is 8.42 Å². The van der Waals surface area contributed by atoms with Gasteiger partial charge in [-0.05, 0) is 36.5 Å². The molecule has 0 spiro atoms. The summed E-state index contributed by atoms with van der Waals surface area (Å²) in [5.74, 6) is 0.863. The van der Waals surface area contributed by atoms with Crippen LogP contribution in [0.15, 0.2) is 18.2 Å². The maximum Gasteiger partial charge on any atom is 0.183 e. The molecule has 2 aromatic rings. The Morgan fingerprint density at radius 2 is 2.30 bits per heavy atom. The monoisotopic (exact) mass is 310 g/mol. The SMILES string of the molecule is CCc1ccc2nc(NCC3CCS(=O)(=O)C3)sc2c1. The first kappa shape index (κ1) is 13.8. The highest BCUT2D eigenvalue weighted by molar-refractivity contribution is 7.91. The van der Waals surface area contributed by atoms with Crippen LogP contribution in [0.25, 0.3) is 10.2 Å². The highest BCUT2D eigenvalue weighted by Crippen LogP contribution is 2.28. The van der Waals surface area contributed by atoms with E-state index in [9.17, 15) is 8.42 Å². The van der Waals surface area contributed by atoms with Gasteiger partial charge < -0.3 is 5.32 Å². The molecule has 1 fully saturated rings. The van der Waals surface area contributed by atoms with Gasteiger partial charge in [0.1, 0.15) is 0 Å². The third-order valence-electron chi connectivity index (χ3n) is 3.73. The Hall–Kier alpha value is -1.14. The lowest BCUT2D eigenvalue weighted by Gasteiger charge is -2.07. The molecule has 2 heterocycles.